The van der Waals surface area contributed by atoms with Gasteiger partial charge in [-0.1, -0.05) is 6.07 Å². The zero-order valence-electron chi connectivity index (χ0n) is 16.3. The van der Waals surface area contributed by atoms with E-state index in [1.54, 1.807) is 21.3 Å². The van der Waals surface area contributed by atoms with E-state index in [1.165, 1.54) is 0 Å². The lowest BCUT2D eigenvalue weighted by Crippen LogP contribution is -2.49. The maximum Gasteiger partial charge on any atom is 0.220 e. The lowest BCUT2D eigenvalue weighted by Gasteiger charge is -2.39. The van der Waals surface area contributed by atoms with Crippen molar-refractivity contribution in [1.82, 2.24) is 5.32 Å². The molecular weight excluding hydrogens is 350 g/mol. The van der Waals surface area contributed by atoms with Gasteiger partial charge in [-0.3, -0.25) is 4.79 Å². The molecule has 1 N–H and O–H groups in total. The smallest absolute Gasteiger partial charge is 0.220 e. The number of carbonyl (C=O) groups is 1. The number of fused-ring (bicyclic) bond motifs is 1. The van der Waals surface area contributed by atoms with Crippen molar-refractivity contribution < 1.29 is 28.5 Å². The van der Waals surface area contributed by atoms with Crippen molar-refractivity contribution in [2.45, 2.75) is 50.4 Å². The fourth-order valence-corrected chi connectivity index (χ4v) is 3.91. The third-order valence-corrected chi connectivity index (χ3v) is 5.25. The third kappa shape index (κ3) is 4.65. The summed E-state index contributed by atoms with van der Waals surface area (Å²) in [6.45, 7) is 1.31. The first-order valence-corrected chi connectivity index (χ1v) is 9.46. The van der Waals surface area contributed by atoms with E-state index in [-0.39, 0.29) is 24.2 Å². The molecule has 2 fully saturated rings. The highest BCUT2D eigenvalue weighted by atomic mass is 16.6. The van der Waals surface area contributed by atoms with E-state index >= 15 is 0 Å². The number of hydrogen-bond donors (Lipinski definition) is 1. The number of nitrogens with one attached hydrogen (secondary N) is 1. The van der Waals surface area contributed by atoms with Gasteiger partial charge in [-0.05, 0) is 37.3 Å². The molecule has 7 heteroatoms. The number of aryl methyl sites for hydroxylation is 1. The highest BCUT2D eigenvalue weighted by Crippen LogP contribution is 2.40. The van der Waals surface area contributed by atoms with Crippen molar-refractivity contribution in [2.24, 2.45) is 0 Å². The number of benzene rings is 1. The average Bonchev–Trinajstić information content (AvgIpc) is 2.71. The standard InChI is InChI=1S/C20H29NO6/c1-23-16-7-4-13(19(24-2)20(16)25-3)5-9-18(22)21-14-6-8-15-17(12-14)27-11-10-26-15/h4,7,14-15,17H,5-6,8-12H2,1-3H3,(H,21,22)/t14-,15+,17+/m1/s1. The number of ether oxygens (including phenoxy) is 5. The van der Waals surface area contributed by atoms with Crippen LogP contribution in [0.3, 0.4) is 0 Å². The van der Waals surface area contributed by atoms with Gasteiger partial charge in [-0.2, -0.15) is 0 Å². The Balaban J connectivity index is 1.55. The maximum absolute atomic E-state index is 12.4. The van der Waals surface area contributed by atoms with Gasteiger partial charge in [-0.25, -0.2) is 0 Å². The molecule has 0 aromatic heterocycles. The number of amides is 1. The van der Waals surface area contributed by atoms with E-state index < -0.39 is 0 Å². The van der Waals surface area contributed by atoms with E-state index in [0.717, 1.165) is 24.8 Å². The van der Waals surface area contributed by atoms with Crippen molar-refractivity contribution in [3.8, 4) is 17.2 Å². The van der Waals surface area contributed by atoms with Gasteiger partial charge in [0.1, 0.15) is 0 Å². The maximum atomic E-state index is 12.4. The fraction of sp³-hybridized carbons (Fsp3) is 0.650. The van der Waals surface area contributed by atoms with Gasteiger partial charge < -0.3 is 29.0 Å². The molecule has 1 heterocycles. The minimum atomic E-state index is 0.0343. The summed E-state index contributed by atoms with van der Waals surface area (Å²) in [5.74, 6) is 1.80. The summed E-state index contributed by atoms with van der Waals surface area (Å²) in [5, 5.41) is 3.14. The van der Waals surface area contributed by atoms with Crippen LogP contribution in [-0.2, 0) is 20.7 Å². The monoisotopic (exact) mass is 379 g/mol. The Hall–Kier alpha value is -1.99. The van der Waals surface area contributed by atoms with Crippen LogP contribution >= 0.6 is 0 Å². The molecular formula is C20H29NO6. The molecule has 1 amide bonds. The molecule has 1 saturated heterocycles. The predicted octanol–water partition coefficient (Wildman–Crippen LogP) is 2.10. The summed E-state index contributed by atoms with van der Waals surface area (Å²) in [4.78, 5) is 12.4. The van der Waals surface area contributed by atoms with Gasteiger partial charge in [0, 0.05) is 12.5 Å². The van der Waals surface area contributed by atoms with E-state index in [1.807, 2.05) is 12.1 Å². The molecule has 0 unspecified atom stereocenters. The molecule has 1 aliphatic heterocycles. The zero-order valence-corrected chi connectivity index (χ0v) is 16.3. The lowest BCUT2D eigenvalue weighted by atomic mass is 9.89. The molecule has 7 nitrogen and oxygen atoms in total. The summed E-state index contributed by atoms with van der Waals surface area (Å²) in [6.07, 6.45) is 3.90. The number of hydrogen-bond acceptors (Lipinski definition) is 6. The molecule has 1 aromatic rings. The Morgan fingerprint density at radius 3 is 2.48 bits per heavy atom. The van der Waals surface area contributed by atoms with Gasteiger partial charge in [-0.15, -0.1) is 0 Å². The molecule has 0 radical (unpaired) electrons. The Bertz CT molecular complexity index is 650. The minimum Gasteiger partial charge on any atom is -0.493 e. The van der Waals surface area contributed by atoms with Crippen LogP contribution in [0, 0.1) is 0 Å². The Morgan fingerprint density at radius 2 is 1.78 bits per heavy atom. The van der Waals surface area contributed by atoms with Gasteiger partial charge in [0.2, 0.25) is 11.7 Å². The average molecular weight is 379 g/mol. The highest BCUT2D eigenvalue weighted by Gasteiger charge is 2.34. The molecule has 3 atom stereocenters. The fourth-order valence-electron chi connectivity index (χ4n) is 3.91. The zero-order chi connectivity index (χ0) is 19.2. The molecule has 3 rings (SSSR count). The van der Waals surface area contributed by atoms with E-state index in [4.69, 9.17) is 23.7 Å². The van der Waals surface area contributed by atoms with Crippen LogP contribution in [0.5, 0.6) is 17.2 Å². The second kappa shape index (κ2) is 9.28. The van der Waals surface area contributed by atoms with Crippen molar-refractivity contribution >= 4 is 5.91 Å². The Labute approximate surface area is 160 Å². The summed E-state index contributed by atoms with van der Waals surface area (Å²) >= 11 is 0. The normalized spacial score (nSPS) is 24.6. The summed E-state index contributed by atoms with van der Waals surface area (Å²) in [7, 11) is 4.75. The van der Waals surface area contributed by atoms with Gasteiger partial charge in [0.05, 0.1) is 46.8 Å². The van der Waals surface area contributed by atoms with Crippen LogP contribution in [-0.4, -0.2) is 58.7 Å². The number of methoxy groups -OCH3 is 3. The first-order chi connectivity index (χ1) is 13.2. The molecule has 2 aliphatic rings. The van der Waals surface area contributed by atoms with Crippen molar-refractivity contribution in [1.29, 1.82) is 0 Å². The first kappa shape index (κ1) is 19.8. The van der Waals surface area contributed by atoms with Crippen molar-refractivity contribution in [3.05, 3.63) is 17.7 Å². The van der Waals surface area contributed by atoms with Crippen LogP contribution in [0.15, 0.2) is 12.1 Å². The molecule has 1 saturated carbocycles. The van der Waals surface area contributed by atoms with Crippen LogP contribution < -0.4 is 19.5 Å². The molecule has 0 spiro atoms. The second-order valence-electron chi connectivity index (χ2n) is 6.89. The lowest BCUT2D eigenvalue weighted by molar-refractivity contribution is -0.158. The second-order valence-corrected chi connectivity index (χ2v) is 6.89. The van der Waals surface area contributed by atoms with E-state index in [0.29, 0.717) is 43.3 Å². The van der Waals surface area contributed by atoms with Crippen molar-refractivity contribution in [2.75, 3.05) is 34.5 Å². The topological polar surface area (TPSA) is 75.3 Å². The van der Waals surface area contributed by atoms with E-state index in [9.17, 15) is 4.79 Å². The Morgan fingerprint density at radius 1 is 1.04 bits per heavy atom. The highest BCUT2D eigenvalue weighted by molar-refractivity contribution is 5.76. The van der Waals surface area contributed by atoms with Crippen LogP contribution in [0.4, 0.5) is 0 Å². The molecule has 1 aromatic carbocycles. The van der Waals surface area contributed by atoms with Gasteiger partial charge in [0.15, 0.2) is 11.5 Å². The van der Waals surface area contributed by atoms with E-state index in [2.05, 4.69) is 5.32 Å². The molecule has 1 aliphatic carbocycles. The van der Waals surface area contributed by atoms with Crippen LogP contribution in [0.2, 0.25) is 0 Å². The third-order valence-electron chi connectivity index (χ3n) is 5.25. The summed E-state index contributed by atoms with van der Waals surface area (Å²) in [6, 6.07) is 3.88. The SMILES string of the molecule is COc1ccc(CCC(=O)N[C@@H]2CC[C@@H]3OCCO[C@H]3C2)c(OC)c1OC. The Kier molecular flexibility index (Phi) is 6.79. The van der Waals surface area contributed by atoms with Crippen molar-refractivity contribution in [3.63, 3.8) is 0 Å². The van der Waals surface area contributed by atoms with Crippen LogP contribution in [0.25, 0.3) is 0 Å². The summed E-state index contributed by atoms with van der Waals surface area (Å²) < 4.78 is 27.7. The predicted molar refractivity (Wildman–Crippen MR) is 99.7 cm³/mol. The molecule has 0 bridgehead atoms. The number of carbonyl (C=O) groups excluding carboxylic acids is 1. The quantitative estimate of drug-likeness (QED) is 0.782. The molecule has 27 heavy (non-hydrogen) atoms. The van der Waals surface area contributed by atoms with Gasteiger partial charge in [0.25, 0.3) is 0 Å². The first-order valence-electron chi connectivity index (χ1n) is 9.46. The van der Waals surface area contributed by atoms with Gasteiger partial charge >= 0.3 is 0 Å². The minimum absolute atomic E-state index is 0.0343. The molecule has 150 valence electrons. The summed E-state index contributed by atoms with van der Waals surface area (Å²) in [5.41, 5.74) is 0.915. The number of rotatable bonds is 7. The largest absolute Gasteiger partial charge is 0.493 e. The van der Waals surface area contributed by atoms with Crippen LogP contribution in [0.1, 0.15) is 31.2 Å².